The molecule has 2 rings (SSSR count). The molecule has 0 aromatic carbocycles. The molecule has 2 aromatic rings. The number of pyridine rings is 1. The van der Waals surface area contributed by atoms with Gasteiger partial charge >= 0.3 is 0 Å². The Balaban J connectivity index is 2.33. The summed E-state index contributed by atoms with van der Waals surface area (Å²) in [6, 6.07) is 1.58. The lowest BCUT2D eigenvalue weighted by Gasteiger charge is -2.19. The molecule has 4 heteroatoms. The minimum Gasteiger partial charge on any atom is -0.306 e. The number of hydrogen-bond donors (Lipinski definition) is 1. The molecule has 0 radical (unpaired) electrons. The van der Waals surface area contributed by atoms with Crippen molar-refractivity contribution in [3.05, 3.63) is 51.7 Å². The fourth-order valence-electron chi connectivity index (χ4n) is 1.95. The van der Waals surface area contributed by atoms with Gasteiger partial charge < -0.3 is 5.32 Å². The van der Waals surface area contributed by atoms with E-state index < -0.39 is 0 Å². The molecule has 1 N–H and O–H groups in total. The zero-order valence-electron chi connectivity index (χ0n) is 10.6. The third-order valence-corrected chi connectivity index (χ3v) is 3.74. The molecule has 2 heterocycles. The molecule has 0 fully saturated rings. The molecule has 18 heavy (non-hydrogen) atoms. The summed E-state index contributed by atoms with van der Waals surface area (Å²) < 4.78 is 13.3. The van der Waals surface area contributed by atoms with Crippen LogP contribution in [-0.2, 0) is 0 Å². The van der Waals surface area contributed by atoms with Crippen molar-refractivity contribution in [2.24, 2.45) is 0 Å². The number of nitrogens with one attached hydrogen (secondary N) is 1. The quantitative estimate of drug-likeness (QED) is 0.891. The molecule has 0 amide bonds. The Morgan fingerprint density at radius 3 is 2.83 bits per heavy atom. The van der Waals surface area contributed by atoms with Crippen molar-refractivity contribution < 1.29 is 4.39 Å². The first kappa shape index (κ1) is 13.2. The van der Waals surface area contributed by atoms with E-state index >= 15 is 0 Å². The van der Waals surface area contributed by atoms with Crippen LogP contribution < -0.4 is 5.32 Å². The highest BCUT2D eigenvalue weighted by Gasteiger charge is 2.16. The van der Waals surface area contributed by atoms with Crippen molar-refractivity contribution in [2.45, 2.75) is 26.3 Å². The van der Waals surface area contributed by atoms with Crippen LogP contribution in [-0.4, -0.2) is 11.5 Å². The van der Waals surface area contributed by atoms with Gasteiger partial charge in [0.05, 0.1) is 12.2 Å². The Kier molecular flexibility index (Phi) is 4.44. The molecule has 0 saturated heterocycles. The van der Waals surface area contributed by atoms with Crippen LogP contribution in [0.1, 0.15) is 36.1 Å². The highest BCUT2D eigenvalue weighted by molar-refractivity contribution is 7.08. The maximum Gasteiger partial charge on any atom is 0.141 e. The van der Waals surface area contributed by atoms with Gasteiger partial charge in [0.2, 0.25) is 0 Å². The number of hydrogen-bond acceptors (Lipinski definition) is 3. The lowest BCUT2D eigenvalue weighted by atomic mass is 10.00. The summed E-state index contributed by atoms with van der Waals surface area (Å²) in [5.74, 6) is -0.288. The predicted octanol–water partition coefficient (Wildman–Crippen LogP) is 3.68. The molecule has 96 valence electrons. The molecule has 0 aliphatic rings. The SMILES string of the molecule is CCCNC(c1cncc(F)c1)c1cscc1C. The predicted molar refractivity (Wildman–Crippen MR) is 73.4 cm³/mol. The normalized spacial score (nSPS) is 12.6. The fourth-order valence-corrected chi connectivity index (χ4v) is 2.83. The number of rotatable bonds is 5. The van der Waals surface area contributed by atoms with E-state index in [0.29, 0.717) is 0 Å². The molecule has 0 aliphatic heterocycles. The van der Waals surface area contributed by atoms with Crippen molar-refractivity contribution in [1.29, 1.82) is 0 Å². The minimum atomic E-state index is -0.288. The molecular formula is C14H17FN2S. The summed E-state index contributed by atoms with van der Waals surface area (Å²) in [5.41, 5.74) is 3.32. The maximum absolute atomic E-state index is 13.3. The van der Waals surface area contributed by atoms with Crippen LogP contribution in [0.25, 0.3) is 0 Å². The van der Waals surface area contributed by atoms with Gasteiger partial charge in [0.25, 0.3) is 0 Å². The second-order valence-electron chi connectivity index (χ2n) is 4.33. The number of thiophene rings is 1. The first-order valence-corrected chi connectivity index (χ1v) is 7.03. The van der Waals surface area contributed by atoms with Crippen molar-refractivity contribution in [3.8, 4) is 0 Å². The molecule has 0 saturated carbocycles. The van der Waals surface area contributed by atoms with Crippen LogP contribution in [0.5, 0.6) is 0 Å². The standard InChI is InChI=1S/C14H17FN2S/c1-3-4-17-14(13-9-18-8-10(13)2)11-5-12(15)7-16-6-11/h5-9,14,17H,3-4H2,1-2H3. The first-order valence-electron chi connectivity index (χ1n) is 6.09. The van der Waals surface area contributed by atoms with E-state index in [9.17, 15) is 4.39 Å². The van der Waals surface area contributed by atoms with Crippen molar-refractivity contribution in [1.82, 2.24) is 10.3 Å². The van der Waals surface area contributed by atoms with E-state index in [-0.39, 0.29) is 11.9 Å². The Bertz CT molecular complexity index is 510. The summed E-state index contributed by atoms with van der Waals surface area (Å²) in [7, 11) is 0. The number of halogens is 1. The molecular weight excluding hydrogens is 247 g/mol. The lowest BCUT2D eigenvalue weighted by molar-refractivity contribution is 0.580. The topological polar surface area (TPSA) is 24.9 Å². The van der Waals surface area contributed by atoms with E-state index in [2.05, 4.69) is 34.9 Å². The maximum atomic E-state index is 13.3. The molecule has 1 atom stereocenters. The third-order valence-electron chi connectivity index (χ3n) is 2.86. The fraction of sp³-hybridized carbons (Fsp3) is 0.357. The summed E-state index contributed by atoms with van der Waals surface area (Å²) in [6.07, 6.45) is 4.01. The lowest BCUT2D eigenvalue weighted by Crippen LogP contribution is -2.23. The number of nitrogens with zero attached hydrogens (tertiary/aromatic N) is 1. The Labute approximate surface area is 111 Å². The van der Waals surface area contributed by atoms with Crippen LogP contribution in [0.2, 0.25) is 0 Å². The molecule has 0 aliphatic carbocycles. The third kappa shape index (κ3) is 2.94. The Hall–Kier alpha value is -1.26. The average Bonchev–Trinajstić information content (AvgIpc) is 2.77. The van der Waals surface area contributed by atoms with E-state index in [0.717, 1.165) is 18.5 Å². The number of aryl methyl sites for hydroxylation is 1. The first-order chi connectivity index (χ1) is 8.72. The van der Waals surface area contributed by atoms with Crippen LogP contribution in [0.15, 0.2) is 29.2 Å². The second kappa shape index (κ2) is 6.07. The highest BCUT2D eigenvalue weighted by Crippen LogP contribution is 2.27. The van der Waals surface area contributed by atoms with Gasteiger partial charge in [0.1, 0.15) is 5.82 Å². The zero-order valence-corrected chi connectivity index (χ0v) is 11.4. The van der Waals surface area contributed by atoms with Gasteiger partial charge in [0, 0.05) is 6.20 Å². The van der Waals surface area contributed by atoms with Gasteiger partial charge in [0.15, 0.2) is 0 Å². The summed E-state index contributed by atoms with van der Waals surface area (Å²) in [4.78, 5) is 3.94. The van der Waals surface area contributed by atoms with E-state index in [1.165, 1.54) is 17.3 Å². The molecule has 1 unspecified atom stereocenters. The average molecular weight is 264 g/mol. The van der Waals surface area contributed by atoms with Gasteiger partial charge in [-0.1, -0.05) is 6.92 Å². The summed E-state index contributed by atoms with van der Waals surface area (Å²) in [5, 5.41) is 7.69. The van der Waals surface area contributed by atoms with Crippen molar-refractivity contribution >= 4 is 11.3 Å². The van der Waals surface area contributed by atoms with Gasteiger partial charge in [-0.3, -0.25) is 4.98 Å². The van der Waals surface area contributed by atoms with Crippen LogP contribution in [0, 0.1) is 12.7 Å². The molecule has 0 spiro atoms. The summed E-state index contributed by atoms with van der Waals surface area (Å²) >= 11 is 1.67. The smallest absolute Gasteiger partial charge is 0.141 e. The second-order valence-corrected chi connectivity index (χ2v) is 5.08. The number of aromatic nitrogens is 1. The molecule has 0 bridgehead atoms. The Morgan fingerprint density at radius 2 is 2.22 bits per heavy atom. The van der Waals surface area contributed by atoms with E-state index in [1.807, 2.05) is 0 Å². The largest absolute Gasteiger partial charge is 0.306 e. The van der Waals surface area contributed by atoms with Crippen LogP contribution >= 0.6 is 11.3 Å². The van der Waals surface area contributed by atoms with Crippen LogP contribution in [0.4, 0.5) is 4.39 Å². The highest BCUT2D eigenvalue weighted by atomic mass is 32.1. The minimum absolute atomic E-state index is 0.0272. The van der Waals surface area contributed by atoms with Gasteiger partial charge in [-0.05, 0) is 53.4 Å². The van der Waals surface area contributed by atoms with E-state index in [1.54, 1.807) is 23.6 Å². The summed E-state index contributed by atoms with van der Waals surface area (Å²) in [6.45, 7) is 5.10. The van der Waals surface area contributed by atoms with Gasteiger partial charge in [-0.2, -0.15) is 11.3 Å². The van der Waals surface area contributed by atoms with E-state index in [4.69, 9.17) is 0 Å². The molecule has 2 aromatic heterocycles. The van der Waals surface area contributed by atoms with Gasteiger partial charge in [-0.15, -0.1) is 0 Å². The zero-order chi connectivity index (χ0) is 13.0. The Morgan fingerprint density at radius 1 is 1.39 bits per heavy atom. The van der Waals surface area contributed by atoms with Crippen molar-refractivity contribution in [3.63, 3.8) is 0 Å². The monoisotopic (exact) mass is 264 g/mol. The van der Waals surface area contributed by atoms with Crippen molar-refractivity contribution in [2.75, 3.05) is 6.54 Å². The molecule has 2 nitrogen and oxygen atoms in total. The van der Waals surface area contributed by atoms with Gasteiger partial charge in [-0.25, -0.2) is 4.39 Å². The van der Waals surface area contributed by atoms with Crippen LogP contribution in [0.3, 0.4) is 0 Å².